The number of nitro groups is 1. The number of nitrogens with two attached hydrogens (primary N) is 1. The SMILES string of the molecule is NC1CCC(NC(=O)c2ccc([N+](=O)[O-])cc2)CC1. The molecule has 2 rings (SSSR count). The average Bonchev–Trinajstić information content (AvgIpc) is 2.41. The maximum Gasteiger partial charge on any atom is 0.269 e. The second-order valence-electron chi connectivity index (χ2n) is 4.89. The molecule has 1 aliphatic carbocycles. The van der Waals surface area contributed by atoms with Crippen molar-refractivity contribution >= 4 is 11.6 Å². The number of carbonyl (C=O) groups excluding carboxylic acids is 1. The molecule has 1 aromatic rings. The Hall–Kier alpha value is -1.95. The van der Waals surface area contributed by atoms with E-state index in [0.717, 1.165) is 25.7 Å². The number of nitro benzene ring substituents is 1. The zero-order valence-corrected chi connectivity index (χ0v) is 10.5. The van der Waals surface area contributed by atoms with Gasteiger partial charge in [-0.2, -0.15) is 0 Å². The normalized spacial score (nSPS) is 22.8. The number of nitrogens with one attached hydrogen (secondary N) is 1. The second-order valence-corrected chi connectivity index (χ2v) is 4.89. The molecule has 0 heterocycles. The van der Waals surface area contributed by atoms with Crippen LogP contribution in [-0.4, -0.2) is 22.9 Å². The third kappa shape index (κ3) is 3.51. The van der Waals surface area contributed by atoms with Crippen molar-refractivity contribution < 1.29 is 9.72 Å². The average molecular weight is 263 g/mol. The lowest BCUT2D eigenvalue weighted by atomic mass is 9.91. The summed E-state index contributed by atoms with van der Waals surface area (Å²) >= 11 is 0. The fraction of sp³-hybridized carbons (Fsp3) is 0.462. The third-order valence-corrected chi connectivity index (χ3v) is 3.45. The van der Waals surface area contributed by atoms with Gasteiger partial charge in [-0.1, -0.05) is 0 Å². The zero-order chi connectivity index (χ0) is 13.8. The number of amides is 1. The van der Waals surface area contributed by atoms with Crippen molar-refractivity contribution in [2.75, 3.05) is 0 Å². The van der Waals surface area contributed by atoms with Crippen molar-refractivity contribution in [1.29, 1.82) is 0 Å². The number of rotatable bonds is 3. The molecule has 1 saturated carbocycles. The Bertz CT molecular complexity index is 465. The smallest absolute Gasteiger partial charge is 0.269 e. The maximum absolute atomic E-state index is 12.0. The Morgan fingerprint density at radius 2 is 1.79 bits per heavy atom. The standard InChI is InChI=1S/C13H17N3O3/c14-10-3-5-11(6-4-10)15-13(17)9-1-7-12(8-2-9)16(18)19/h1-2,7-8,10-11H,3-6,14H2,(H,15,17). The van der Waals surface area contributed by atoms with Crippen LogP contribution >= 0.6 is 0 Å². The van der Waals surface area contributed by atoms with Crippen LogP contribution in [0.1, 0.15) is 36.0 Å². The van der Waals surface area contributed by atoms with Crippen molar-refractivity contribution in [3.05, 3.63) is 39.9 Å². The zero-order valence-electron chi connectivity index (χ0n) is 10.5. The Morgan fingerprint density at radius 1 is 1.21 bits per heavy atom. The predicted octanol–water partition coefficient (Wildman–Crippen LogP) is 1.59. The van der Waals surface area contributed by atoms with Crippen LogP contribution in [0.4, 0.5) is 5.69 Å². The van der Waals surface area contributed by atoms with Gasteiger partial charge in [0.05, 0.1) is 4.92 Å². The highest BCUT2D eigenvalue weighted by molar-refractivity contribution is 5.94. The van der Waals surface area contributed by atoms with Gasteiger partial charge in [-0.15, -0.1) is 0 Å². The highest BCUT2D eigenvalue weighted by atomic mass is 16.6. The molecule has 102 valence electrons. The maximum atomic E-state index is 12.0. The van der Waals surface area contributed by atoms with Gasteiger partial charge in [0.25, 0.3) is 11.6 Å². The number of hydrogen-bond acceptors (Lipinski definition) is 4. The lowest BCUT2D eigenvalue weighted by molar-refractivity contribution is -0.384. The van der Waals surface area contributed by atoms with Crippen LogP contribution < -0.4 is 11.1 Å². The van der Waals surface area contributed by atoms with Crippen molar-refractivity contribution in [2.24, 2.45) is 5.73 Å². The molecule has 19 heavy (non-hydrogen) atoms. The molecule has 0 atom stereocenters. The van der Waals surface area contributed by atoms with Gasteiger partial charge >= 0.3 is 0 Å². The molecule has 6 nitrogen and oxygen atoms in total. The van der Waals surface area contributed by atoms with Crippen LogP contribution in [0.2, 0.25) is 0 Å². The molecular weight excluding hydrogens is 246 g/mol. The van der Waals surface area contributed by atoms with E-state index in [-0.39, 0.29) is 23.7 Å². The van der Waals surface area contributed by atoms with Crippen LogP contribution in [-0.2, 0) is 0 Å². The first-order valence-electron chi connectivity index (χ1n) is 6.37. The van der Waals surface area contributed by atoms with E-state index >= 15 is 0 Å². The van der Waals surface area contributed by atoms with E-state index in [0.29, 0.717) is 5.56 Å². The van der Waals surface area contributed by atoms with E-state index in [2.05, 4.69) is 5.32 Å². The van der Waals surface area contributed by atoms with Crippen LogP contribution in [0, 0.1) is 10.1 Å². The van der Waals surface area contributed by atoms with E-state index < -0.39 is 4.92 Å². The van der Waals surface area contributed by atoms with Gasteiger partial charge < -0.3 is 11.1 Å². The first kappa shape index (κ1) is 13.5. The molecule has 0 aliphatic heterocycles. The van der Waals surface area contributed by atoms with Gasteiger partial charge in [-0.05, 0) is 37.8 Å². The van der Waals surface area contributed by atoms with Crippen LogP contribution in [0.25, 0.3) is 0 Å². The minimum atomic E-state index is -0.482. The molecule has 0 spiro atoms. The summed E-state index contributed by atoms with van der Waals surface area (Å²) in [6, 6.07) is 6.02. The minimum absolute atomic E-state index is 0.0137. The second kappa shape index (κ2) is 5.79. The molecule has 0 radical (unpaired) electrons. The molecule has 1 aliphatic rings. The van der Waals surface area contributed by atoms with Gasteiger partial charge in [0.15, 0.2) is 0 Å². The van der Waals surface area contributed by atoms with Gasteiger partial charge in [0.2, 0.25) is 0 Å². The summed E-state index contributed by atoms with van der Waals surface area (Å²) in [6.07, 6.45) is 3.62. The highest BCUT2D eigenvalue weighted by Crippen LogP contribution is 2.18. The summed E-state index contributed by atoms with van der Waals surface area (Å²) in [5.41, 5.74) is 6.24. The number of nitrogens with zero attached hydrogens (tertiary/aromatic N) is 1. The number of carbonyl (C=O) groups is 1. The number of non-ortho nitro benzene ring substituents is 1. The van der Waals surface area contributed by atoms with Crippen molar-refractivity contribution in [3.63, 3.8) is 0 Å². The molecule has 1 aromatic carbocycles. The van der Waals surface area contributed by atoms with E-state index in [1.54, 1.807) is 0 Å². The molecule has 0 aromatic heterocycles. The Balaban J connectivity index is 1.94. The molecule has 1 fully saturated rings. The van der Waals surface area contributed by atoms with E-state index in [4.69, 9.17) is 5.73 Å². The number of hydrogen-bond donors (Lipinski definition) is 2. The quantitative estimate of drug-likeness (QED) is 0.639. The number of benzene rings is 1. The van der Waals surface area contributed by atoms with Crippen LogP contribution in [0.5, 0.6) is 0 Å². The van der Waals surface area contributed by atoms with Gasteiger partial charge in [0, 0.05) is 29.8 Å². The van der Waals surface area contributed by atoms with Crippen LogP contribution in [0.15, 0.2) is 24.3 Å². The highest BCUT2D eigenvalue weighted by Gasteiger charge is 2.20. The largest absolute Gasteiger partial charge is 0.349 e. The first-order valence-corrected chi connectivity index (χ1v) is 6.37. The molecule has 0 saturated heterocycles. The molecule has 0 bridgehead atoms. The van der Waals surface area contributed by atoms with E-state index in [1.165, 1.54) is 24.3 Å². The van der Waals surface area contributed by atoms with Gasteiger partial charge in [-0.3, -0.25) is 14.9 Å². The van der Waals surface area contributed by atoms with E-state index in [9.17, 15) is 14.9 Å². The minimum Gasteiger partial charge on any atom is -0.349 e. The summed E-state index contributed by atoms with van der Waals surface area (Å²) in [7, 11) is 0. The summed E-state index contributed by atoms with van der Waals surface area (Å²) < 4.78 is 0. The first-order chi connectivity index (χ1) is 9.06. The van der Waals surface area contributed by atoms with Crippen molar-refractivity contribution in [1.82, 2.24) is 5.32 Å². The predicted molar refractivity (Wildman–Crippen MR) is 70.8 cm³/mol. The molecule has 3 N–H and O–H groups in total. The monoisotopic (exact) mass is 263 g/mol. The molecular formula is C13H17N3O3. The summed E-state index contributed by atoms with van der Waals surface area (Å²) in [5, 5.41) is 13.5. The van der Waals surface area contributed by atoms with E-state index in [1.807, 2.05) is 0 Å². The topological polar surface area (TPSA) is 98.3 Å². The molecule has 0 unspecified atom stereocenters. The molecule has 1 amide bonds. The Morgan fingerprint density at radius 3 is 2.32 bits per heavy atom. The summed E-state index contributed by atoms with van der Waals surface area (Å²) in [6.45, 7) is 0. The summed E-state index contributed by atoms with van der Waals surface area (Å²) in [5.74, 6) is -0.185. The lowest BCUT2D eigenvalue weighted by Crippen LogP contribution is -2.40. The fourth-order valence-electron chi connectivity index (χ4n) is 2.27. The fourth-order valence-corrected chi connectivity index (χ4v) is 2.27. The van der Waals surface area contributed by atoms with Crippen molar-refractivity contribution in [2.45, 2.75) is 37.8 Å². The molecule has 6 heteroatoms. The summed E-state index contributed by atoms with van der Waals surface area (Å²) in [4.78, 5) is 22.0. The third-order valence-electron chi connectivity index (χ3n) is 3.45. The van der Waals surface area contributed by atoms with Crippen molar-refractivity contribution in [3.8, 4) is 0 Å². The van der Waals surface area contributed by atoms with Gasteiger partial charge in [-0.25, -0.2) is 0 Å². The lowest BCUT2D eigenvalue weighted by Gasteiger charge is -2.26. The van der Waals surface area contributed by atoms with Gasteiger partial charge in [0.1, 0.15) is 0 Å². The Kier molecular flexibility index (Phi) is 4.11. The van der Waals surface area contributed by atoms with Crippen LogP contribution in [0.3, 0.4) is 0 Å². The Labute approximate surface area is 111 Å².